The molecule has 22 heteroatoms. The van der Waals surface area contributed by atoms with E-state index in [2.05, 4.69) is 190 Å². The molecule has 3 aromatic heterocycles. The summed E-state index contributed by atoms with van der Waals surface area (Å²) in [4.78, 5) is 66.4. The van der Waals surface area contributed by atoms with Crippen molar-refractivity contribution >= 4 is 127 Å². The van der Waals surface area contributed by atoms with E-state index in [0.717, 1.165) is 180 Å². The number of carbonyl (C=O) groups is 3. The summed E-state index contributed by atoms with van der Waals surface area (Å²) in [6, 6.07) is 39.3. The van der Waals surface area contributed by atoms with Crippen molar-refractivity contribution in [2.45, 2.75) is 206 Å². The zero-order chi connectivity index (χ0) is 83.0. The normalized spacial score (nSPS) is 18.7. The van der Waals surface area contributed by atoms with Crippen molar-refractivity contribution in [2.24, 2.45) is 5.92 Å². The predicted molar refractivity (Wildman–Crippen MR) is 473 cm³/mol. The number of unbranched alkanes of at least 4 members (excludes halogenated alkanes) is 5. The number of allylic oxidation sites excluding steroid dienone is 9. The number of amides is 2. The number of ketones is 1. The highest BCUT2D eigenvalue weighted by Gasteiger charge is 2.47. The smallest absolute Gasteiger partial charge is 0.264 e. The molecule has 4 aliphatic heterocycles. The number of nitrogens with zero attached hydrogens (tertiary/aromatic N) is 4. The third kappa shape index (κ3) is 17.7. The first-order valence-electron chi connectivity index (χ1n) is 41.8. The first-order chi connectivity index (χ1) is 55.9. The Balaban J connectivity index is 0.761. The van der Waals surface area contributed by atoms with Gasteiger partial charge in [0.05, 0.1) is 50.0 Å². The molecule has 0 fully saturated rings. The van der Waals surface area contributed by atoms with Gasteiger partial charge in [-0.05, 0) is 221 Å². The van der Waals surface area contributed by atoms with E-state index in [-0.39, 0.29) is 73.5 Å². The number of ether oxygens (including phenoxy) is 1. The van der Waals surface area contributed by atoms with Gasteiger partial charge in [0.1, 0.15) is 6.54 Å². The van der Waals surface area contributed by atoms with Crippen molar-refractivity contribution in [2.75, 3.05) is 54.9 Å². The van der Waals surface area contributed by atoms with Gasteiger partial charge in [0.15, 0.2) is 11.5 Å². The molecule has 117 heavy (non-hydrogen) atoms. The van der Waals surface area contributed by atoms with E-state index in [1.807, 2.05) is 55.5 Å². The van der Waals surface area contributed by atoms with Crippen LogP contribution in [0.15, 0.2) is 166 Å². The highest BCUT2D eigenvalue weighted by atomic mass is 32.2. The number of rotatable bonds is 31. The van der Waals surface area contributed by atoms with Gasteiger partial charge in [-0.25, -0.2) is 13.4 Å². The van der Waals surface area contributed by atoms with Crippen LogP contribution in [0.1, 0.15) is 237 Å². The number of H-pyrrole nitrogens is 2. The first-order valence-corrected chi connectivity index (χ1v) is 45.8. The van der Waals surface area contributed by atoms with Crippen LogP contribution in [-0.4, -0.2) is 118 Å². The number of aromatic amines is 2. The summed E-state index contributed by atoms with van der Waals surface area (Å²) in [5, 5.41) is 10.9. The fourth-order valence-electron chi connectivity index (χ4n) is 18.9. The van der Waals surface area contributed by atoms with Crippen LogP contribution in [0.4, 0.5) is 17.1 Å². The first kappa shape index (κ1) is 83.9. The van der Waals surface area contributed by atoms with E-state index < -0.39 is 42.7 Å². The van der Waals surface area contributed by atoms with E-state index in [1.165, 1.54) is 6.42 Å². The zero-order valence-electron chi connectivity index (χ0n) is 69.4. The number of benzene rings is 5. The number of nitrogen functional groups attached to an aromatic ring is 1. The Morgan fingerprint density at radius 2 is 1.47 bits per heavy atom. The molecule has 19 nitrogen and oxygen atoms in total. The second-order valence-corrected chi connectivity index (χ2v) is 37.8. The van der Waals surface area contributed by atoms with Gasteiger partial charge >= 0.3 is 0 Å². The maximum Gasteiger partial charge on any atom is 0.264 e. The molecule has 614 valence electrons. The Hall–Kier alpha value is -9.55. The number of carbonyl (C=O) groups excluding carboxylic acids is 3. The Morgan fingerprint density at radius 1 is 0.769 bits per heavy atom. The van der Waals surface area contributed by atoms with Gasteiger partial charge in [-0.2, -0.15) is 13.0 Å². The largest absolute Gasteiger partial charge is 0.748 e. The number of hydrogen-bond donors (Lipinski definition) is 6. The molecule has 8 bridgehead atoms. The number of aryl methyl sites for hydroxylation is 2. The van der Waals surface area contributed by atoms with E-state index in [9.17, 15) is 35.5 Å². The van der Waals surface area contributed by atoms with Crippen LogP contribution in [0.3, 0.4) is 0 Å². The zero-order valence-corrected chi connectivity index (χ0v) is 71.8. The molecule has 0 saturated heterocycles. The van der Waals surface area contributed by atoms with Crippen molar-refractivity contribution in [1.29, 1.82) is 0 Å². The summed E-state index contributed by atoms with van der Waals surface area (Å²) in [5.41, 5.74) is 27.6. The summed E-state index contributed by atoms with van der Waals surface area (Å²) < 4.78 is 78.7. The van der Waals surface area contributed by atoms with Gasteiger partial charge in [-0.3, -0.25) is 23.9 Å². The molecule has 2 aliphatic carbocycles. The molecule has 6 aliphatic rings. The fourth-order valence-corrected chi connectivity index (χ4v) is 21.1. The number of hydrogen-bond acceptors (Lipinski definition) is 14. The maximum atomic E-state index is 15.3. The standard InChI is InChI=1S/C95H111N9O10S3/c1-12-14-15-22-48-114-61(7)86-59(5)76-54-75-58(4)70(90(101-75)73-53-82(105)87-60(6)77(102-91(73)87)55-78-69(13-2)57(3)74(99-78)56-79(86)100-76)38-43-85(106)97-44-25-45-98-93(107)66-51-64(32-41-83-94(8,9)88-71-28-18-16-26-62(71)30-39-80(88)103(83)46-20-23-49-116(108,109)110)92(115-68-36-34-67(96)35-37-68)65(52-66)33-42-84-95(10,11)89-72-29-19-17-27-63(72)31-40-81(89)104(84)47-21-24-50-117(111,112)113/h16-19,26-37,39-42,54-56,58,61,66,70H,12-15,20-25,38,43-53,96H2,1-11H3,(H5-,97,98,99,100,101,102,105,106,107,108,109,110,111,112,113)/t58-,61?,70+/m1/s1. The second kappa shape index (κ2) is 34.8. The molecule has 0 spiro atoms. The summed E-state index contributed by atoms with van der Waals surface area (Å²) in [5.74, 6) is -1.92. The minimum Gasteiger partial charge on any atom is -0.748 e. The molecule has 2 amide bonds. The molecule has 7 N–H and O–H groups in total. The molecule has 4 atom stereocenters. The number of nitrogens with two attached hydrogens (primary N) is 1. The fraction of sp³-hybridized carbons (Fsp3) is 0.411. The average Bonchev–Trinajstić information content (AvgIpc) is 1.58. The lowest BCUT2D eigenvalue weighted by Gasteiger charge is -2.29. The molecule has 0 radical (unpaired) electrons. The van der Waals surface area contributed by atoms with Crippen molar-refractivity contribution < 1.29 is 49.6 Å². The minimum atomic E-state index is -4.44. The third-order valence-electron chi connectivity index (χ3n) is 25.0. The van der Waals surface area contributed by atoms with Crippen molar-refractivity contribution in [3.05, 3.63) is 223 Å². The number of aromatic nitrogens is 4. The molecule has 8 aromatic rings. The lowest BCUT2D eigenvalue weighted by atomic mass is 9.78. The second-order valence-electron chi connectivity index (χ2n) is 33.6. The van der Waals surface area contributed by atoms with Gasteiger partial charge < -0.3 is 40.5 Å². The molecule has 7 heterocycles. The van der Waals surface area contributed by atoms with Gasteiger partial charge in [0, 0.05) is 158 Å². The highest BCUT2D eigenvalue weighted by molar-refractivity contribution is 8.03. The highest BCUT2D eigenvalue weighted by Crippen LogP contribution is 2.53. The number of Topliss-reactive ketones (excluding diaryl/α,β-unsaturated/α-hetero) is 1. The van der Waals surface area contributed by atoms with Crippen molar-refractivity contribution in [1.82, 2.24) is 30.6 Å². The SMILES string of the molecule is CCCCCCOC(C)c1c(C)c2cc3nc(c4c5[nH]c(cc6nc(cc1[nH]2)C(C)=C6CC)c(C)c5C(=O)C4)[C@@H](CCC(=O)NCCCNC(=O)C1CC(/C=C/C2=[N+](CCCCS(=O)(=O)[O-])c4ccc5ccccc5c4C2(C)C)=C(Sc2ccc(N)cc2)C(=C/C=C2/N(CCCCS(=O)(=O)O)c4ccc5ccccc5c4C2(C)C)/C1)[C@H]3C. The average molecular weight is 1640 g/mol. The summed E-state index contributed by atoms with van der Waals surface area (Å²) >= 11 is 1.60. The number of nitrogens with one attached hydrogen (secondary N) is 4. The lowest BCUT2D eigenvalue weighted by Crippen LogP contribution is -2.35. The van der Waals surface area contributed by atoms with E-state index in [1.54, 1.807) is 11.8 Å². The molecule has 5 aromatic carbocycles. The third-order valence-corrected chi connectivity index (χ3v) is 27.8. The van der Waals surface area contributed by atoms with Crippen LogP contribution >= 0.6 is 11.8 Å². The van der Waals surface area contributed by atoms with Crippen molar-refractivity contribution in [3.63, 3.8) is 0 Å². The summed E-state index contributed by atoms with van der Waals surface area (Å²) in [7, 11) is -8.63. The van der Waals surface area contributed by atoms with Gasteiger partial charge in [0.2, 0.25) is 17.5 Å². The number of thioether (sulfide) groups is 1. The minimum absolute atomic E-state index is 0.0363. The Kier molecular flexibility index (Phi) is 25.0. The van der Waals surface area contributed by atoms with Crippen LogP contribution in [0.5, 0.6) is 0 Å². The van der Waals surface area contributed by atoms with E-state index >= 15 is 4.79 Å². The molecule has 0 saturated carbocycles. The maximum absolute atomic E-state index is 15.3. The van der Waals surface area contributed by atoms with Crippen LogP contribution in [0.2, 0.25) is 0 Å². The Morgan fingerprint density at radius 3 is 2.20 bits per heavy atom. The number of fused-ring (bicyclic) bond motifs is 14. The monoisotopic (exact) mass is 1630 g/mol. The van der Waals surface area contributed by atoms with E-state index in [0.29, 0.717) is 76.0 Å². The molecular weight excluding hydrogens is 1520 g/mol. The van der Waals surface area contributed by atoms with Crippen LogP contribution < -0.4 is 21.3 Å². The molecule has 2 unspecified atom stereocenters. The van der Waals surface area contributed by atoms with Gasteiger partial charge in [0.25, 0.3) is 10.1 Å². The van der Waals surface area contributed by atoms with Crippen LogP contribution in [0, 0.1) is 19.8 Å². The van der Waals surface area contributed by atoms with Crippen molar-refractivity contribution in [3.8, 4) is 0 Å². The molecule has 14 rings (SSSR count). The lowest BCUT2D eigenvalue weighted by molar-refractivity contribution is -0.438. The summed E-state index contributed by atoms with van der Waals surface area (Å²) in [6.07, 6.45) is 17.1. The Labute approximate surface area is 692 Å². The predicted octanol–water partition coefficient (Wildman–Crippen LogP) is 19.5. The van der Waals surface area contributed by atoms with E-state index in [4.69, 9.17) is 20.4 Å². The number of anilines is 2. The van der Waals surface area contributed by atoms with Gasteiger partial charge in [-0.15, -0.1) is 0 Å². The molecular formula is C95H111N9O10S3. The summed E-state index contributed by atoms with van der Waals surface area (Å²) in [6.45, 7) is 26.0. The topological polar surface area (TPSA) is 286 Å². The van der Waals surface area contributed by atoms with Gasteiger partial charge in [-0.1, -0.05) is 132 Å². The Bertz CT molecular complexity index is 5900. The van der Waals surface area contributed by atoms with Crippen LogP contribution in [0.25, 0.3) is 54.8 Å². The quantitative estimate of drug-likeness (QED) is 0.0102. The van der Waals surface area contributed by atoms with Crippen LogP contribution in [-0.2, 0) is 51.8 Å².